The Balaban J connectivity index is 1.85. The van der Waals surface area contributed by atoms with E-state index < -0.39 is 11.9 Å². The van der Waals surface area contributed by atoms with E-state index in [9.17, 15) is 9.18 Å². The molecule has 0 fully saturated rings. The van der Waals surface area contributed by atoms with Crippen LogP contribution in [-0.4, -0.2) is 25.2 Å². The van der Waals surface area contributed by atoms with Gasteiger partial charge in [0.2, 0.25) is 5.91 Å². The Labute approximate surface area is 144 Å². The lowest BCUT2D eigenvalue weighted by Gasteiger charge is -2.18. The zero-order valence-electron chi connectivity index (χ0n) is 13.9. The van der Waals surface area contributed by atoms with Crippen molar-refractivity contribution < 1.29 is 9.18 Å². The fourth-order valence-electron chi connectivity index (χ4n) is 2.53. The second-order valence-electron chi connectivity index (χ2n) is 5.64. The highest BCUT2D eigenvalue weighted by atomic mass is 19.1. The van der Waals surface area contributed by atoms with Crippen molar-refractivity contribution in [3.63, 3.8) is 0 Å². The Kier molecular flexibility index (Phi) is 4.74. The van der Waals surface area contributed by atoms with Crippen LogP contribution in [0.2, 0.25) is 0 Å². The molecule has 0 radical (unpaired) electrons. The minimum Gasteiger partial charge on any atom is -0.338 e. The number of carbonyl (C=O) groups is 1. The molecule has 1 aromatic carbocycles. The molecule has 6 nitrogen and oxygen atoms in total. The first-order chi connectivity index (χ1) is 12.0. The van der Waals surface area contributed by atoms with E-state index in [-0.39, 0.29) is 5.91 Å². The standard InChI is InChI=1S/C18H18FN5O/c1-23-10-9-20-18(23)17(14-5-3-4-6-15(14)19)22-16(25)8-7-13-11-21-24(2)12-13/h3-12,17H,1-2H3,(H,22,25)/b8-7+/t17-/m0/s1. The van der Waals surface area contributed by atoms with E-state index in [2.05, 4.69) is 15.4 Å². The molecule has 1 atom stereocenters. The number of amides is 1. The minimum absolute atomic E-state index is 0.347. The number of imidazole rings is 1. The van der Waals surface area contributed by atoms with E-state index in [0.29, 0.717) is 11.4 Å². The van der Waals surface area contributed by atoms with Gasteiger partial charge in [-0.1, -0.05) is 18.2 Å². The van der Waals surface area contributed by atoms with Crippen LogP contribution in [-0.2, 0) is 18.9 Å². The molecule has 0 aliphatic carbocycles. The first-order valence-electron chi connectivity index (χ1n) is 7.73. The maximum atomic E-state index is 14.2. The number of rotatable bonds is 5. The van der Waals surface area contributed by atoms with Crippen molar-refractivity contribution in [2.24, 2.45) is 14.1 Å². The van der Waals surface area contributed by atoms with Crippen molar-refractivity contribution in [2.45, 2.75) is 6.04 Å². The van der Waals surface area contributed by atoms with Crippen LogP contribution in [0.3, 0.4) is 0 Å². The van der Waals surface area contributed by atoms with E-state index in [1.54, 1.807) is 72.4 Å². The Hall–Kier alpha value is -3.22. The summed E-state index contributed by atoms with van der Waals surface area (Å²) in [7, 11) is 3.60. The summed E-state index contributed by atoms with van der Waals surface area (Å²) < 4.78 is 17.6. The van der Waals surface area contributed by atoms with Crippen LogP contribution in [0.15, 0.2) is 55.1 Å². The average molecular weight is 339 g/mol. The van der Waals surface area contributed by atoms with Gasteiger partial charge in [-0.15, -0.1) is 0 Å². The van der Waals surface area contributed by atoms with E-state index in [4.69, 9.17) is 0 Å². The van der Waals surface area contributed by atoms with Gasteiger partial charge in [-0.2, -0.15) is 5.10 Å². The van der Waals surface area contributed by atoms with Crippen molar-refractivity contribution in [3.05, 3.63) is 77.9 Å². The smallest absolute Gasteiger partial charge is 0.244 e. The summed E-state index contributed by atoms with van der Waals surface area (Å²) in [6, 6.07) is 5.65. The molecule has 25 heavy (non-hydrogen) atoms. The van der Waals surface area contributed by atoms with Crippen LogP contribution in [0.5, 0.6) is 0 Å². The number of hydrogen-bond donors (Lipinski definition) is 1. The molecular formula is C18H18FN5O. The molecule has 128 valence electrons. The largest absolute Gasteiger partial charge is 0.338 e. The van der Waals surface area contributed by atoms with Crippen LogP contribution in [0.1, 0.15) is 23.0 Å². The number of halogens is 1. The molecule has 2 heterocycles. The Morgan fingerprint density at radius 3 is 2.76 bits per heavy atom. The van der Waals surface area contributed by atoms with Gasteiger partial charge in [0, 0.05) is 49.9 Å². The maximum absolute atomic E-state index is 14.2. The fraction of sp³-hybridized carbons (Fsp3) is 0.167. The molecule has 1 N–H and O–H groups in total. The zero-order chi connectivity index (χ0) is 17.8. The van der Waals surface area contributed by atoms with Gasteiger partial charge < -0.3 is 9.88 Å². The molecule has 3 aromatic rings. The third-order valence-electron chi connectivity index (χ3n) is 3.77. The highest BCUT2D eigenvalue weighted by molar-refractivity contribution is 5.92. The summed E-state index contributed by atoms with van der Waals surface area (Å²) in [5, 5.41) is 6.86. The molecule has 0 aliphatic rings. The van der Waals surface area contributed by atoms with Gasteiger partial charge in [-0.05, 0) is 12.1 Å². The van der Waals surface area contributed by atoms with Crippen LogP contribution in [0.25, 0.3) is 6.08 Å². The topological polar surface area (TPSA) is 64.7 Å². The lowest BCUT2D eigenvalue weighted by Crippen LogP contribution is -2.30. The number of aryl methyl sites for hydroxylation is 2. The number of carbonyl (C=O) groups excluding carboxylic acids is 1. The summed E-state index contributed by atoms with van der Waals surface area (Å²) >= 11 is 0. The van der Waals surface area contributed by atoms with Crippen molar-refractivity contribution in [1.29, 1.82) is 0 Å². The van der Waals surface area contributed by atoms with E-state index in [0.717, 1.165) is 5.56 Å². The van der Waals surface area contributed by atoms with Crippen molar-refractivity contribution in [3.8, 4) is 0 Å². The third-order valence-corrected chi connectivity index (χ3v) is 3.77. The predicted molar refractivity (Wildman–Crippen MR) is 91.8 cm³/mol. The Morgan fingerprint density at radius 1 is 1.32 bits per heavy atom. The van der Waals surface area contributed by atoms with Crippen molar-refractivity contribution >= 4 is 12.0 Å². The lowest BCUT2D eigenvalue weighted by atomic mass is 10.1. The minimum atomic E-state index is -0.688. The maximum Gasteiger partial charge on any atom is 0.244 e. The van der Waals surface area contributed by atoms with Gasteiger partial charge >= 0.3 is 0 Å². The Bertz CT molecular complexity index is 912. The molecule has 0 spiro atoms. The van der Waals surface area contributed by atoms with Crippen LogP contribution in [0.4, 0.5) is 4.39 Å². The van der Waals surface area contributed by atoms with Crippen LogP contribution >= 0.6 is 0 Å². The van der Waals surface area contributed by atoms with Gasteiger partial charge in [0.25, 0.3) is 0 Å². The predicted octanol–water partition coefficient (Wildman–Crippen LogP) is 2.21. The molecule has 3 rings (SSSR count). The molecule has 0 bridgehead atoms. The highest BCUT2D eigenvalue weighted by Crippen LogP contribution is 2.23. The van der Waals surface area contributed by atoms with E-state index in [1.165, 1.54) is 12.1 Å². The summed E-state index contributed by atoms with van der Waals surface area (Å²) in [6.07, 6.45) is 9.85. The van der Waals surface area contributed by atoms with E-state index >= 15 is 0 Å². The molecule has 0 aliphatic heterocycles. The summed E-state index contributed by atoms with van der Waals surface area (Å²) in [5.74, 6) is -0.194. The third kappa shape index (κ3) is 3.82. The summed E-state index contributed by atoms with van der Waals surface area (Å²) in [6.45, 7) is 0. The molecule has 1 amide bonds. The first kappa shape index (κ1) is 16.6. The molecule has 0 unspecified atom stereocenters. The van der Waals surface area contributed by atoms with Gasteiger partial charge in [-0.3, -0.25) is 9.48 Å². The fourth-order valence-corrected chi connectivity index (χ4v) is 2.53. The van der Waals surface area contributed by atoms with Crippen LogP contribution < -0.4 is 5.32 Å². The van der Waals surface area contributed by atoms with Crippen molar-refractivity contribution in [1.82, 2.24) is 24.6 Å². The van der Waals surface area contributed by atoms with Gasteiger partial charge in [0.05, 0.1) is 6.20 Å². The average Bonchev–Trinajstić information content (AvgIpc) is 3.20. The second-order valence-corrected chi connectivity index (χ2v) is 5.64. The van der Waals surface area contributed by atoms with Gasteiger partial charge in [0.1, 0.15) is 17.7 Å². The quantitative estimate of drug-likeness (QED) is 0.725. The lowest BCUT2D eigenvalue weighted by molar-refractivity contribution is -0.117. The van der Waals surface area contributed by atoms with Crippen molar-refractivity contribution in [2.75, 3.05) is 0 Å². The summed E-state index contributed by atoms with van der Waals surface area (Å²) in [4.78, 5) is 16.6. The zero-order valence-corrected chi connectivity index (χ0v) is 13.9. The number of benzene rings is 1. The van der Waals surface area contributed by atoms with Gasteiger partial charge in [-0.25, -0.2) is 9.37 Å². The molecule has 0 saturated heterocycles. The molecule has 7 heteroatoms. The molecule has 2 aromatic heterocycles. The number of hydrogen-bond acceptors (Lipinski definition) is 3. The number of aromatic nitrogens is 4. The molecule has 0 saturated carbocycles. The van der Waals surface area contributed by atoms with E-state index in [1.807, 2.05) is 0 Å². The number of nitrogens with one attached hydrogen (secondary N) is 1. The SMILES string of the molecule is Cn1cc(/C=C/C(=O)N[C@@H](c2ccccc2F)c2nccn2C)cn1. The van der Waals surface area contributed by atoms with Crippen LogP contribution in [0, 0.1) is 5.82 Å². The van der Waals surface area contributed by atoms with Gasteiger partial charge in [0.15, 0.2) is 0 Å². The Morgan fingerprint density at radius 2 is 2.12 bits per heavy atom. The normalized spacial score (nSPS) is 12.4. The second kappa shape index (κ2) is 7.12. The summed E-state index contributed by atoms with van der Waals surface area (Å²) in [5.41, 5.74) is 1.16. The highest BCUT2D eigenvalue weighted by Gasteiger charge is 2.22. The number of nitrogens with zero attached hydrogens (tertiary/aromatic N) is 4. The first-order valence-corrected chi connectivity index (χ1v) is 7.73. The monoisotopic (exact) mass is 339 g/mol. The molecular weight excluding hydrogens is 321 g/mol.